The first-order valence-corrected chi connectivity index (χ1v) is 8.97. The molecule has 0 aliphatic carbocycles. The number of ether oxygens (including phenoxy) is 1. The first kappa shape index (κ1) is 16.5. The molecule has 1 atom stereocenters. The third-order valence-corrected chi connectivity index (χ3v) is 5.45. The average Bonchev–Trinajstić information content (AvgIpc) is 2.96. The number of aryl methyl sites for hydroxylation is 1. The van der Waals surface area contributed by atoms with Crippen LogP contribution in [-0.2, 0) is 19.4 Å². The van der Waals surface area contributed by atoms with Crippen LogP contribution in [0.25, 0.3) is 0 Å². The first-order chi connectivity index (χ1) is 10.1. The second-order valence-electron chi connectivity index (χ2n) is 5.14. The summed E-state index contributed by atoms with van der Waals surface area (Å²) >= 11 is 5.41. The van der Waals surface area contributed by atoms with Crippen molar-refractivity contribution in [2.24, 2.45) is 5.73 Å². The minimum atomic E-state index is 0.195. The van der Waals surface area contributed by atoms with Gasteiger partial charge in [0, 0.05) is 20.3 Å². The van der Waals surface area contributed by atoms with Crippen molar-refractivity contribution < 1.29 is 4.74 Å². The summed E-state index contributed by atoms with van der Waals surface area (Å²) in [5, 5.41) is 0. The van der Waals surface area contributed by atoms with Crippen LogP contribution < -0.4 is 10.5 Å². The van der Waals surface area contributed by atoms with Crippen LogP contribution in [0.3, 0.4) is 0 Å². The Morgan fingerprint density at radius 2 is 1.95 bits per heavy atom. The first-order valence-electron chi connectivity index (χ1n) is 7.36. The monoisotopic (exact) mass is 367 g/mol. The summed E-state index contributed by atoms with van der Waals surface area (Å²) in [6, 6.07) is 10.7. The number of nitrogens with two attached hydrogens (primary N) is 1. The highest BCUT2D eigenvalue weighted by Crippen LogP contribution is 2.25. The molecule has 2 nitrogen and oxygen atoms in total. The molecule has 1 aromatic carbocycles. The molecule has 2 aromatic rings. The van der Waals surface area contributed by atoms with E-state index in [0.717, 1.165) is 29.5 Å². The minimum Gasteiger partial charge on any atom is -0.488 e. The van der Waals surface area contributed by atoms with Crippen LogP contribution in [0.1, 0.15) is 35.6 Å². The van der Waals surface area contributed by atoms with Crippen LogP contribution in [0, 0.1) is 0 Å². The van der Waals surface area contributed by atoms with E-state index < -0.39 is 0 Å². The average molecular weight is 368 g/mol. The van der Waals surface area contributed by atoms with Gasteiger partial charge in [0.15, 0.2) is 0 Å². The van der Waals surface area contributed by atoms with Gasteiger partial charge in [0.25, 0.3) is 0 Å². The summed E-state index contributed by atoms with van der Waals surface area (Å²) < 4.78 is 7.01. The predicted octanol–water partition coefficient (Wildman–Crippen LogP) is 4.93. The molecular weight excluding hydrogens is 346 g/mol. The molecule has 1 unspecified atom stereocenters. The lowest BCUT2D eigenvalue weighted by atomic mass is 10.0. The Labute approximate surface area is 139 Å². The number of halogens is 1. The minimum absolute atomic E-state index is 0.195. The third-order valence-electron chi connectivity index (χ3n) is 3.47. The van der Waals surface area contributed by atoms with Gasteiger partial charge in [-0.1, -0.05) is 29.8 Å². The normalized spacial score (nSPS) is 12.4. The Morgan fingerprint density at radius 3 is 2.62 bits per heavy atom. The van der Waals surface area contributed by atoms with Gasteiger partial charge < -0.3 is 10.5 Å². The molecule has 0 fully saturated rings. The van der Waals surface area contributed by atoms with Crippen LogP contribution in [-0.4, -0.2) is 6.04 Å². The van der Waals surface area contributed by atoms with E-state index in [1.54, 1.807) is 0 Å². The van der Waals surface area contributed by atoms with E-state index >= 15 is 0 Å². The standard InChI is InChI=1S/C17H22BrNOS/c1-3-13(19)9-12-10-14(5-8-17(12)18)20-11-16-7-6-15(4-2)21-16/h5-8,10,13H,3-4,9,11,19H2,1-2H3. The molecule has 1 heterocycles. The van der Waals surface area contributed by atoms with Gasteiger partial charge in [-0.2, -0.15) is 0 Å². The molecular formula is C17H22BrNOS. The van der Waals surface area contributed by atoms with Gasteiger partial charge in [-0.15, -0.1) is 11.3 Å². The second-order valence-corrected chi connectivity index (χ2v) is 7.24. The van der Waals surface area contributed by atoms with Gasteiger partial charge in [0.05, 0.1) is 0 Å². The van der Waals surface area contributed by atoms with E-state index in [9.17, 15) is 0 Å². The lowest BCUT2D eigenvalue weighted by Gasteiger charge is -2.12. The molecule has 1 aromatic heterocycles. The van der Waals surface area contributed by atoms with Gasteiger partial charge in [0.2, 0.25) is 0 Å². The quantitative estimate of drug-likeness (QED) is 0.752. The van der Waals surface area contributed by atoms with Crippen LogP contribution in [0.15, 0.2) is 34.8 Å². The fraction of sp³-hybridized carbons (Fsp3) is 0.412. The Balaban J connectivity index is 2.01. The van der Waals surface area contributed by atoms with E-state index in [1.165, 1.54) is 15.3 Å². The number of thiophene rings is 1. The molecule has 21 heavy (non-hydrogen) atoms. The molecule has 0 spiro atoms. The predicted molar refractivity (Wildman–Crippen MR) is 94.1 cm³/mol. The van der Waals surface area contributed by atoms with Gasteiger partial charge >= 0.3 is 0 Å². The van der Waals surface area contributed by atoms with Gasteiger partial charge in [-0.05, 0) is 55.2 Å². The number of benzene rings is 1. The molecule has 2 rings (SSSR count). The van der Waals surface area contributed by atoms with E-state index in [2.05, 4.69) is 48.0 Å². The van der Waals surface area contributed by atoms with E-state index in [-0.39, 0.29) is 6.04 Å². The Hall–Kier alpha value is -0.840. The zero-order valence-electron chi connectivity index (χ0n) is 12.6. The summed E-state index contributed by atoms with van der Waals surface area (Å²) in [5.41, 5.74) is 7.26. The zero-order valence-corrected chi connectivity index (χ0v) is 15.0. The topological polar surface area (TPSA) is 35.2 Å². The smallest absolute Gasteiger partial charge is 0.122 e. The number of hydrogen-bond acceptors (Lipinski definition) is 3. The highest BCUT2D eigenvalue weighted by Gasteiger charge is 2.08. The van der Waals surface area contributed by atoms with Gasteiger partial charge in [-0.25, -0.2) is 0 Å². The van der Waals surface area contributed by atoms with Crippen molar-refractivity contribution >= 4 is 27.3 Å². The maximum Gasteiger partial charge on any atom is 0.122 e. The summed E-state index contributed by atoms with van der Waals surface area (Å²) in [4.78, 5) is 2.67. The molecule has 0 saturated heterocycles. The van der Waals surface area contributed by atoms with Crippen molar-refractivity contribution in [3.63, 3.8) is 0 Å². The Kier molecular flexibility index (Phi) is 6.27. The maximum absolute atomic E-state index is 6.05. The van der Waals surface area contributed by atoms with Crippen molar-refractivity contribution in [2.75, 3.05) is 0 Å². The molecule has 2 N–H and O–H groups in total. The van der Waals surface area contributed by atoms with Crippen LogP contribution in [0.5, 0.6) is 5.75 Å². The molecule has 114 valence electrons. The molecule has 0 aliphatic heterocycles. The molecule has 4 heteroatoms. The van der Waals surface area contributed by atoms with Crippen molar-refractivity contribution in [2.45, 2.75) is 45.8 Å². The molecule has 0 saturated carbocycles. The Bertz CT molecular complexity index is 582. The van der Waals surface area contributed by atoms with Gasteiger partial charge in [-0.3, -0.25) is 0 Å². The molecule has 0 aliphatic rings. The van der Waals surface area contributed by atoms with Gasteiger partial charge in [0.1, 0.15) is 12.4 Å². The molecule has 0 radical (unpaired) electrons. The van der Waals surface area contributed by atoms with Crippen LogP contribution in [0.4, 0.5) is 0 Å². The molecule has 0 amide bonds. The number of hydrogen-bond donors (Lipinski definition) is 1. The van der Waals surface area contributed by atoms with Crippen molar-refractivity contribution in [3.8, 4) is 5.75 Å². The second kappa shape index (κ2) is 7.97. The van der Waals surface area contributed by atoms with E-state index in [1.807, 2.05) is 23.5 Å². The van der Waals surface area contributed by atoms with Crippen LogP contribution >= 0.6 is 27.3 Å². The Morgan fingerprint density at radius 1 is 1.19 bits per heavy atom. The highest BCUT2D eigenvalue weighted by atomic mass is 79.9. The summed E-state index contributed by atoms with van der Waals surface area (Å²) in [7, 11) is 0. The van der Waals surface area contributed by atoms with Crippen LogP contribution in [0.2, 0.25) is 0 Å². The lowest BCUT2D eigenvalue weighted by molar-refractivity contribution is 0.309. The van der Waals surface area contributed by atoms with Crippen molar-refractivity contribution in [3.05, 3.63) is 50.1 Å². The lowest BCUT2D eigenvalue weighted by Crippen LogP contribution is -2.21. The zero-order chi connectivity index (χ0) is 15.2. The van der Waals surface area contributed by atoms with Crippen molar-refractivity contribution in [1.29, 1.82) is 0 Å². The SMILES string of the molecule is CCc1ccc(COc2ccc(Br)c(CC(N)CC)c2)s1. The largest absolute Gasteiger partial charge is 0.488 e. The summed E-state index contributed by atoms with van der Waals surface area (Å²) in [5.74, 6) is 0.906. The fourth-order valence-electron chi connectivity index (χ4n) is 2.07. The van der Waals surface area contributed by atoms with Crippen molar-refractivity contribution in [1.82, 2.24) is 0 Å². The summed E-state index contributed by atoms with van der Waals surface area (Å²) in [6.45, 7) is 4.92. The van der Waals surface area contributed by atoms with E-state index in [0.29, 0.717) is 6.61 Å². The number of rotatable bonds is 7. The fourth-order valence-corrected chi connectivity index (χ4v) is 3.35. The third kappa shape index (κ3) is 4.83. The maximum atomic E-state index is 6.05. The van der Waals surface area contributed by atoms with E-state index in [4.69, 9.17) is 10.5 Å². The molecule has 0 bridgehead atoms. The summed E-state index contributed by atoms with van der Waals surface area (Å²) in [6.07, 6.45) is 2.93. The highest BCUT2D eigenvalue weighted by molar-refractivity contribution is 9.10.